The summed E-state index contributed by atoms with van der Waals surface area (Å²) in [5.74, 6) is 0.524. The number of nitrogens with one attached hydrogen (secondary N) is 1. The van der Waals surface area contributed by atoms with Crippen LogP contribution in [-0.4, -0.2) is 42.5 Å². The minimum absolute atomic E-state index is 0.0744. The van der Waals surface area contributed by atoms with E-state index in [4.69, 9.17) is 10.5 Å². The Morgan fingerprint density at radius 2 is 1.51 bits per heavy atom. The highest BCUT2D eigenvalue weighted by Gasteiger charge is 2.40. The number of ether oxygens (including phenoxy) is 1. The molecule has 5 rings (SSSR count). The third kappa shape index (κ3) is 5.96. The zero-order chi connectivity index (χ0) is 27.2. The Balaban J connectivity index is 1.40. The van der Waals surface area contributed by atoms with E-state index in [2.05, 4.69) is 29.6 Å². The standard InChI is InChI=1S/C33H35N3O3/c1-39-31-21-27-12-6-5-11-26(27)19-28(31)20-29-33(38)36(30(32(37)35-29)13-7-8-18-34)22-23-14-16-25(17-15-23)24-9-3-2-4-10-24/h2-6,9-12,14-17,19,21,29-30H,7-8,13,18,20,22,34H2,1H3,(H,35,37). The van der Waals surface area contributed by atoms with Crippen LogP contribution >= 0.6 is 0 Å². The van der Waals surface area contributed by atoms with Crippen LogP contribution < -0.4 is 15.8 Å². The molecule has 39 heavy (non-hydrogen) atoms. The molecule has 200 valence electrons. The lowest BCUT2D eigenvalue weighted by Gasteiger charge is -2.39. The van der Waals surface area contributed by atoms with E-state index in [0.717, 1.165) is 45.9 Å². The molecule has 1 fully saturated rings. The summed E-state index contributed by atoms with van der Waals surface area (Å²) < 4.78 is 5.66. The van der Waals surface area contributed by atoms with Gasteiger partial charge in [-0.15, -0.1) is 0 Å². The van der Waals surface area contributed by atoms with Crippen molar-refractivity contribution in [2.45, 2.75) is 44.3 Å². The second-order valence-corrected chi connectivity index (χ2v) is 10.1. The minimum atomic E-state index is -0.665. The molecule has 1 aliphatic rings. The summed E-state index contributed by atoms with van der Waals surface area (Å²) in [6.45, 7) is 0.938. The fraction of sp³-hybridized carbons (Fsp3) is 0.273. The molecule has 2 atom stereocenters. The van der Waals surface area contributed by atoms with Gasteiger partial charge in [0.25, 0.3) is 0 Å². The van der Waals surface area contributed by atoms with Gasteiger partial charge in [-0.1, -0.05) is 78.9 Å². The number of methoxy groups -OCH3 is 1. The van der Waals surface area contributed by atoms with Gasteiger partial charge in [-0.05, 0) is 71.0 Å². The van der Waals surface area contributed by atoms with Crippen molar-refractivity contribution in [2.75, 3.05) is 13.7 Å². The van der Waals surface area contributed by atoms with Gasteiger partial charge in [0, 0.05) is 13.0 Å². The van der Waals surface area contributed by atoms with E-state index in [0.29, 0.717) is 31.7 Å². The fourth-order valence-electron chi connectivity index (χ4n) is 5.39. The smallest absolute Gasteiger partial charge is 0.246 e. The predicted octanol–water partition coefficient (Wildman–Crippen LogP) is 5.08. The van der Waals surface area contributed by atoms with Gasteiger partial charge in [0.1, 0.15) is 17.8 Å². The highest BCUT2D eigenvalue weighted by Crippen LogP contribution is 2.29. The van der Waals surface area contributed by atoms with Gasteiger partial charge >= 0.3 is 0 Å². The highest BCUT2D eigenvalue weighted by atomic mass is 16.5. The number of carbonyl (C=O) groups is 2. The lowest BCUT2D eigenvalue weighted by Crippen LogP contribution is -2.63. The van der Waals surface area contributed by atoms with Crippen LogP contribution in [0.1, 0.15) is 30.4 Å². The van der Waals surface area contributed by atoms with Crippen molar-refractivity contribution in [1.29, 1.82) is 0 Å². The Kier molecular flexibility index (Phi) is 8.23. The summed E-state index contributed by atoms with van der Waals surface area (Å²) in [7, 11) is 1.63. The van der Waals surface area contributed by atoms with E-state index >= 15 is 0 Å². The lowest BCUT2D eigenvalue weighted by atomic mass is 9.95. The predicted molar refractivity (Wildman–Crippen MR) is 155 cm³/mol. The maximum absolute atomic E-state index is 13.9. The first-order valence-electron chi connectivity index (χ1n) is 13.6. The molecule has 0 spiro atoms. The average Bonchev–Trinajstić information content (AvgIpc) is 2.97. The van der Waals surface area contributed by atoms with Crippen LogP contribution in [0, 0.1) is 0 Å². The Morgan fingerprint density at radius 1 is 0.846 bits per heavy atom. The van der Waals surface area contributed by atoms with Crippen molar-refractivity contribution < 1.29 is 14.3 Å². The summed E-state index contributed by atoms with van der Waals surface area (Å²) in [5, 5.41) is 5.16. The normalized spacial score (nSPS) is 17.3. The van der Waals surface area contributed by atoms with E-state index in [1.807, 2.05) is 66.7 Å². The molecule has 0 radical (unpaired) electrons. The number of benzene rings is 4. The molecule has 1 saturated heterocycles. The molecule has 6 heteroatoms. The second-order valence-electron chi connectivity index (χ2n) is 10.1. The van der Waals surface area contributed by atoms with Crippen molar-refractivity contribution in [2.24, 2.45) is 5.73 Å². The molecule has 0 aromatic heterocycles. The zero-order valence-corrected chi connectivity index (χ0v) is 22.3. The summed E-state index contributed by atoms with van der Waals surface area (Å²) in [5.41, 5.74) is 9.84. The summed E-state index contributed by atoms with van der Waals surface area (Å²) >= 11 is 0. The SMILES string of the molecule is COc1cc2ccccc2cc1CC1NC(=O)C(CCCCN)N(Cc2ccc(-c3ccccc3)cc2)C1=O. The number of amides is 2. The molecular formula is C33H35N3O3. The van der Waals surface area contributed by atoms with Gasteiger partial charge in [0.15, 0.2) is 0 Å². The Morgan fingerprint density at radius 3 is 2.21 bits per heavy atom. The van der Waals surface area contributed by atoms with Crippen LogP contribution in [0.5, 0.6) is 5.75 Å². The van der Waals surface area contributed by atoms with Crippen LogP contribution in [0.25, 0.3) is 21.9 Å². The molecule has 2 unspecified atom stereocenters. The number of fused-ring (bicyclic) bond motifs is 1. The van der Waals surface area contributed by atoms with E-state index in [1.54, 1.807) is 12.0 Å². The topological polar surface area (TPSA) is 84.7 Å². The highest BCUT2D eigenvalue weighted by molar-refractivity contribution is 5.97. The first-order chi connectivity index (χ1) is 19.1. The quantitative estimate of drug-likeness (QED) is 0.285. The van der Waals surface area contributed by atoms with E-state index in [1.165, 1.54) is 0 Å². The van der Waals surface area contributed by atoms with Gasteiger partial charge in [-0.2, -0.15) is 0 Å². The van der Waals surface area contributed by atoms with Crippen molar-refractivity contribution in [3.63, 3.8) is 0 Å². The second kappa shape index (κ2) is 12.1. The molecule has 4 aromatic rings. The molecule has 1 aliphatic heterocycles. The third-order valence-electron chi connectivity index (χ3n) is 7.49. The van der Waals surface area contributed by atoms with Crippen molar-refractivity contribution >= 4 is 22.6 Å². The fourth-order valence-corrected chi connectivity index (χ4v) is 5.39. The number of nitrogens with zero attached hydrogens (tertiary/aromatic N) is 1. The molecule has 6 nitrogen and oxygen atoms in total. The van der Waals surface area contributed by atoms with Crippen molar-refractivity contribution in [1.82, 2.24) is 10.2 Å². The number of hydrogen-bond acceptors (Lipinski definition) is 4. The molecule has 0 aliphatic carbocycles. The maximum atomic E-state index is 13.9. The van der Waals surface area contributed by atoms with Crippen molar-refractivity contribution in [3.8, 4) is 16.9 Å². The van der Waals surface area contributed by atoms with E-state index < -0.39 is 12.1 Å². The number of unbranched alkanes of at least 4 members (excludes halogenated alkanes) is 1. The van der Waals surface area contributed by atoms with Gasteiger partial charge in [-0.3, -0.25) is 9.59 Å². The van der Waals surface area contributed by atoms with Crippen LogP contribution in [0.3, 0.4) is 0 Å². The van der Waals surface area contributed by atoms with Crippen molar-refractivity contribution in [3.05, 3.63) is 102 Å². The van der Waals surface area contributed by atoms with Crippen LogP contribution in [0.15, 0.2) is 91.0 Å². The van der Waals surface area contributed by atoms with Crippen LogP contribution in [-0.2, 0) is 22.6 Å². The number of rotatable bonds is 10. The third-order valence-corrected chi connectivity index (χ3v) is 7.49. The lowest BCUT2D eigenvalue weighted by molar-refractivity contribution is -0.150. The summed E-state index contributed by atoms with van der Waals surface area (Å²) in [6, 6.07) is 29.3. The number of carbonyl (C=O) groups excluding carboxylic acids is 2. The maximum Gasteiger partial charge on any atom is 0.246 e. The molecule has 0 bridgehead atoms. The number of piperazine rings is 1. The summed E-state index contributed by atoms with van der Waals surface area (Å²) in [4.78, 5) is 29.0. The molecule has 4 aromatic carbocycles. The van der Waals surface area contributed by atoms with Gasteiger partial charge in [0.2, 0.25) is 11.8 Å². The van der Waals surface area contributed by atoms with E-state index in [-0.39, 0.29) is 11.8 Å². The van der Waals surface area contributed by atoms with Gasteiger partial charge in [0.05, 0.1) is 7.11 Å². The Bertz CT molecular complexity index is 1440. The Hall–Kier alpha value is -4.16. The van der Waals surface area contributed by atoms with Crippen LogP contribution in [0.4, 0.5) is 0 Å². The average molecular weight is 522 g/mol. The monoisotopic (exact) mass is 521 g/mol. The number of nitrogens with two attached hydrogens (primary N) is 1. The molecule has 0 saturated carbocycles. The van der Waals surface area contributed by atoms with Gasteiger partial charge < -0.3 is 20.7 Å². The van der Waals surface area contributed by atoms with Crippen LogP contribution in [0.2, 0.25) is 0 Å². The number of hydrogen-bond donors (Lipinski definition) is 2. The first kappa shape index (κ1) is 26.4. The largest absolute Gasteiger partial charge is 0.496 e. The van der Waals surface area contributed by atoms with E-state index in [9.17, 15) is 9.59 Å². The zero-order valence-electron chi connectivity index (χ0n) is 22.3. The molecule has 2 amide bonds. The molecule has 1 heterocycles. The molecular weight excluding hydrogens is 486 g/mol. The minimum Gasteiger partial charge on any atom is -0.496 e. The van der Waals surface area contributed by atoms with Gasteiger partial charge in [-0.25, -0.2) is 0 Å². The summed E-state index contributed by atoms with van der Waals surface area (Å²) in [6.07, 6.45) is 2.55. The Labute approximate surface area is 229 Å². The molecule has 3 N–H and O–H groups in total. The first-order valence-corrected chi connectivity index (χ1v) is 13.6.